The van der Waals surface area contributed by atoms with Crippen molar-refractivity contribution in [3.63, 3.8) is 0 Å². The van der Waals surface area contributed by atoms with Crippen molar-refractivity contribution in [2.75, 3.05) is 33.3 Å². The number of fused-ring (bicyclic) bond motifs is 1. The zero-order chi connectivity index (χ0) is 23.4. The number of hydrogen-bond acceptors (Lipinski definition) is 5. The quantitative estimate of drug-likeness (QED) is 0.569. The average Bonchev–Trinajstić information content (AvgIpc) is 3.36. The van der Waals surface area contributed by atoms with E-state index in [-0.39, 0.29) is 5.91 Å². The van der Waals surface area contributed by atoms with Gasteiger partial charge in [0.05, 0.1) is 23.7 Å². The van der Waals surface area contributed by atoms with E-state index in [0.29, 0.717) is 35.3 Å². The summed E-state index contributed by atoms with van der Waals surface area (Å²) in [4.78, 5) is 42.4. The second kappa shape index (κ2) is 10.0. The fourth-order valence-corrected chi connectivity index (χ4v) is 4.49. The van der Waals surface area contributed by atoms with E-state index in [2.05, 4.69) is 10.2 Å². The first-order valence-corrected chi connectivity index (χ1v) is 11.5. The fourth-order valence-electron chi connectivity index (χ4n) is 4.49. The molecule has 1 aromatic heterocycles. The second-order valence-electron chi connectivity index (χ2n) is 8.27. The number of ether oxygens (including phenoxy) is 1. The van der Waals surface area contributed by atoms with Gasteiger partial charge >= 0.3 is 5.69 Å². The van der Waals surface area contributed by atoms with Gasteiger partial charge in [-0.2, -0.15) is 0 Å². The van der Waals surface area contributed by atoms with Crippen LogP contribution in [0.15, 0.2) is 58.1 Å². The fraction of sp³-hybridized carbons (Fsp3) is 0.400. The number of nitrogens with zero attached hydrogens (tertiary/aromatic N) is 3. The molecule has 33 heavy (non-hydrogen) atoms. The summed E-state index contributed by atoms with van der Waals surface area (Å²) >= 11 is 0. The first-order valence-electron chi connectivity index (χ1n) is 11.5. The van der Waals surface area contributed by atoms with E-state index in [0.717, 1.165) is 24.2 Å². The van der Waals surface area contributed by atoms with Crippen molar-refractivity contribution < 1.29 is 9.53 Å². The summed E-state index contributed by atoms with van der Waals surface area (Å²) in [5, 5.41) is 3.38. The highest BCUT2D eigenvalue weighted by Gasteiger charge is 2.25. The monoisotopic (exact) mass is 450 g/mol. The molecule has 1 saturated heterocycles. The number of para-hydroxylation sites is 1. The molecular weight excluding hydrogens is 420 g/mol. The molecule has 4 rings (SSSR count). The van der Waals surface area contributed by atoms with Crippen molar-refractivity contribution in [2.45, 2.75) is 32.2 Å². The maximum absolute atomic E-state index is 13.7. The number of rotatable bonds is 8. The van der Waals surface area contributed by atoms with Gasteiger partial charge in [0.1, 0.15) is 11.8 Å². The predicted octanol–water partition coefficient (Wildman–Crippen LogP) is 2.32. The van der Waals surface area contributed by atoms with Gasteiger partial charge in [0.25, 0.3) is 5.56 Å². The minimum absolute atomic E-state index is 0.219. The third kappa shape index (κ3) is 4.57. The van der Waals surface area contributed by atoms with Crippen LogP contribution in [-0.4, -0.2) is 53.2 Å². The van der Waals surface area contributed by atoms with Gasteiger partial charge in [-0.1, -0.05) is 19.1 Å². The average molecular weight is 451 g/mol. The highest BCUT2D eigenvalue weighted by molar-refractivity contribution is 5.84. The molecule has 8 nitrogen and oxygen atoms in total. The Balaban J connectivity index is 1.75. The summed E-state index contributed by atoms with van der Waals surface area (Å²) in [6, 6.07) is 12.9. The molecule has 0 saturated carbocycles. The molecule has 0 spiro atoms. The molecule has 2 aromatic carbocycles. The lowest BCUT2D eigenvalue weighted by molar-refractivity contribution is -0.124. The van der Waals surface area contributed by atoms with Crippen LogP contribution in [0.2, 0.25) is 0 Å². The van der Waals surface area contributed by atoms with Crippen molar-refractivity contribution in [1.29, 1.82) is 0 Å². The SMILES string of the molecule is CCC(C(=O)NCCN1CCCC1)n1c(=O)n(-c2ccc(OC)cc2)c(=O)c2ccccc21. The molecule has 0 radical (unpaired) electrons. The molecule has 1 unspecified atom stereocenters. The molecule has 1 fully saturated rings. The summed E-state index contributed by atoms with van der Waals surface area (Å²) in [6.45, 7) is 5.31. The Kier molecular flexibility index (Phi) is 6.93. The van der Waals surface area contributed by atoms with Crippen LogP contribution in [0.1, 0.15) is 32.2 Å². The summed E-state index contributed by atoms with van der Waals surface area (Å²) in [5.41, 5.74) is -0.0693. The van der Waals surface area contributed by atoms with Gasteiger partial charge in [-0.3, -0.25) is 14.2 Å². The summed E-state index contributed by atoms with van der Waals surface area (Å²) in [6.07, 6.45) is 2.81. The number of hydrogen-bond donors (Lipinski definition) is 1. The lowest BCUT2D eigenvalue weighted by Crippen LogP contribution is -2.45. The van der Waals surface area contributed by atoms with Gasteiger partial charge in [0.2, 0.25) is 5.91 Å². The Morgan fingerprint density at radius 2 is 1.76 bits per heavy atom. The number of likely N-dealkylation sites (tertiary alicyclic amines) is 1. The molecule has 1 N–H and O–H groups in total. The molecule has 1 amide bonds. The molecular formula is C25H30N4O4. The first-order chi connectivity index (χ1) is 16.0. The molecule has 1 aliphatic rings. The Morgan fingerprint density at radius 1 is 1.06 bits per heavy atom. The Bertz CT molecular complexity index is 1240. The minimum atomic E-state index is -0.730. The summed E-state index contributed by atoms with van der Waals surface area (Å²) in [7, 11) is 1.55. The van der Waals surface area contributed by atoms with Crippen LogP contribution in [0, 0.1) is 0 Å². The molecule has 8 heteroatoms. The first kappa shape index (κ1) is 22.8. The van der Waals surface area contributed by atoms with Crippen molar-refractivity contribution in [2.24, 2.45) is 0 Å². The Hall–Kier alpha value is -3.39. The minimum Gasteiger partial charge on any atom is -0.497 e. The van der Waals surface area contributed by atoms with E-state index >= 15 is 0 Å². The van der Waals surface area contributed by atoms with E-state index < -0.39 is 17.3 Å². The van der Waals surface area contributed by atoms with Crippen LogP contribution < -0.4 is 21.3 Å². The number of carbonyl (C=O) groups excluding carboxylic acids is 1. The van der Waals surface area contributed by atoms with Gasteiger partial charge in [-0.05, 0) is 68.8 Å². The number of methoxy groups -OCH3 is 1. The standard InChI is InChI=1S/C25H30N4O4/c1-3-21(23(30)26-14-17-27-15-6-7-16-27)29-22-9-5-4-8-20(22)24(31)28(25(29)32)18-10-12-19(33-2)13-11-18/h4-5,8-13,21H,3,6-7,14-17H2,1-2H3,(H,26,30). The van der Waals surface area contributed by atoms with Crippen molar-refractivity contribution in [1.82, 2.24) is 19.4 Å². The number of carbonyl (C=O) groups is 1. The van der Waals surface area contributed by atoms with Gasteiger partial charge < -0.3 is 15.0 Å². The van der Waals surface area contributed by atoms with E-state index in [1.165, 1.54) is 17.4 Å². The van der Waals surface area contributed by atoms with Gasteiger partial charge in [-0.25, -0.2) is 9.36 Å². The zero-order valence-corrected chi connectivity index (χ0v) is 19.1. The molecule has 0 bridgehead atoms. The normalized spacial score (nSPS) is 15.0. The van der Waals surface area contributed by atoms with E-state index in [1.807, 2.05) is 6.92 Å². The largest absolute Gasteiger partial charge is 0.497 e. The third-order valence-corrected chi connectivity index (χ3v) is 6.25. The highest BCUT2D eigenvalue weighted by atomic mass is 16.5. The molecule has 1 aliphatic heterocycles. The van der Waals surface area contributed by atoms with E-state index in [9.17, 15) is 14.4 Å². The highest BCUT2D eigenvalue weighted by Crippen LogP contribution is 2.19. The molecule has 0 aliphatic carbocycles. The maximum atomic E-state index is 13.7. The molecule has 1 atom stereocenters. The van der Waals surface area contributed by atoms with Crippen LogP contribution in [0.3, 0.4) is 0 Å². The van der Waals surface area contributed by atoms with Crippen molar-refractivity contribution in [3.05, 3.63) is 69.4 Å². The lowest BCUT2D eigenvalue weighted by Gasteiger charge is -2.22. The Labute approximate surface area is 192 Å². The third-order valence-electron chi connectivity index (χ3n) is 6.25. The van der Waals surface area contributed by atoms with E-state index in [4.69, 9.17) is 4.74 Å². The van der Waals surface area contributed by atoms with Crippen LogP contribution >= 0.6 is 0 Å². The number of benzene rings is 2. The summed E-state index contributed by atoms with van der Waals surface area (Å²) in [5.74, 6) is 0.403. The van der Waals surface area contributed by atoms with Crippen LogP contribution in [0.4, 0.5) is 0 Å². The van der Waals surface area contributed by atoms with Crippen LogP contribution in [-0.2, 0) is 4.79 Å². The van der Waals surface area contributed by atoms with Crippen LogP contribution in [0.5, 0.6) is 5.75 Å². The lowest BCUT2D eigenvalue weighted by atomic mass is 10.1. The predicted molar refractivity (Wildman–Crippen MR) is 128 cm³/mol. The number of aromatic nitrogens is 2. The molecule has 2 heterocycles. The van der Waals surface area contributed by atoms with Gasteiger partial charge in [0, 0.05) is 13.1 Å². The summed E-state index contributed by atoms with van der Waals surface area (Å²) < 4.78 is 7.77. The number of amides is 1. The second-order valence-corrected chi connectivity index (χ2v) is 8.27. The van der Waals surface area contributed by atoms with Gasteiger partial charge in [0.15, 0.2) is 0 Å². The number of nitrogens with one attached hydrogen (secondary N) is 1. The zero-order valence-electron chi connectivity index (χ0n) is 19.1. The van der Waals surface area contributed by atoms with Crippen molar-refractivity contribution in [3.8, 4) is 11.4 Å². The maximum Gasteiger partial charge on any atom is 0.336 e. The Morgan fingerprint density at radius 3 is 2.42 bits per heavy atom. The molecule has 3 aromatic rings. The van der Waals surface area contributed by atoms with Crippen molar-refractivity contribution >= 4 is 16.8 Å². The molecule has 174 valence electrons. The topological polar surface area (TPSA) is 85.6 Å². The smallest absolute Gasteiger partial charge is 0.336 e. The van der Waals surface area contributed by atoms with Crippen LogP contribution in [0.25, 0.3) is 16.6 Å². The van der Waals surface area contributed by atoms with E-state index in [1.54, 1.807) is 55.6 Å². The van der Waals surface area contributed by atoms with Gasteiger partial charge in [-0.15, -0.1) is 0 Å².